The molecule has 2 heterocycles. The number of aryl methyl sites for hydroxylation is 3. The van der Waals surface area contributed by atoms with Crippen LogP contribution in [0.25, 0.3) is 5.69 Å². The number of ketones is 2. The lowest BCUT2D eigenvalue weighted by Gasteiger charge is -2.13. The van der Waals surface area contributed by atoms with Crippen LogP contribution in [0.15, 0.2) is 59.6 Å². The summed E-state index contributed by atoms with van der Waals surface area (Å²) in [5.74, 6) is -0.217. The molecule has 0 aliphatic heterocycles. The molecule has 0 N–H and O–H groups in total. The normalized spacial score (nSPS) is 11.6. The van der Waals surface area contributed by atoms with E-state index >= 15 is 0 Å². The summed E-state index contributed by atoms with van der Waals surface area (Å²) < 4.78 is 47.0. The molecular weight excluding hydrogens is 459 g/mol. The van der Waals surface area contributed by atoms with Crippen LogP contribution in [0.1, 0.15) is 54.4 Å². The predicted octanol–water partition coefficient (Wildman–Crippen LogP) is 5.66. The maximum atomic E-state index is 13.5. The van der Waals surface area contributed by atoms with Crippen LogP contribution in [0, 0.1) is 20.8 Å². The molecule has 6 nitrogen and oxygen atoms in total. The zero-order valence-electron chi connectivity index (χ0n) is 19.3. The van der Waals surface area contributed by atoms with Gasteiger partial charge in [-0.25, -0.2) is 4.98 Å². The van der Waals surface area contributed by atoms with Crippen molar-refractivity contribution < 1.29 is 27.3 Å². The van der Waals surface area contributed by atoms with Gasteiger partial charge >= 0.3 is 6.18 Å². The fourth-order valence-electron chi connectivity index (χ4n) is 3.79. The van der Waals surface area contributed by atoms with Crippen LogP contribution in [0.4, 0.5) is 13.2 Å². The summed E-state index contributed by atoms with van der Waals surface area (Å²) in [7, 11) is 0. The lowest BCUT2D eigenvalue weighted by Crippen LogP contribution is -2.11. The number of carbonyl (C=O) groups is 2. The van der Waals surface area contributed by atoms with Crippen LogP contribution in [-0.4, -0.2) is 26.3 Å². The SMILES string of the molecule is Cc1cn(-c2cc(C(=O)Cc3ccc(C)c(CC(=O)c4cnoc4C)c3)cc(C(F)(F)F)c2)cn1. The quantitative estimate of drug-likeness (QED) is 0.319. The summed E-state index contributed by atoms with van der Waals surface area (Å²) >= 11 is 0. The van der Waals surface area contributed by atoms with E-state index < -0.39 is 17.5 Å². The first-order valence-electron chi connectivity index (χ1n) is 10.8. The molecule has 0 fully saturated rings. The van der Waals surface area contributed by atoms with Crippen molar-refractivity contribution in [3.63, 3.8) is 0 Å². The fourth-order valence-corrected chi connectivity index (χ4v) is 3.79. The number of imidazole rings is 1. The monoisotopic (exact) mass is 481 g/mol. The number of alkyl halides is 3. The van der Waals surface area contributed by atoms with Crippen molar-refractivity contribution in [2.24, 2.45) is 0 Å². The number of Topliss-reactive ketones (excluding diaryl/α,β-unsaturated/α-hetero) is 2. The minimum absolute atomic E-state index is 0.0560. The Morgan fingerprint density at radius 2 is 1.77 bits per heavy atom. The summed E-state index contributed by atoms with van der Waals surface area (Å²) in [6, 6.07) is 8.54. The molecule has 0 radical (unpaired) electrons. The van der Waals surface area contributed by atoms with Crippen LogP contribution >= 0.6 is 0 Å². The Bertz CT molecular complexity index is 1420. The summed E-state index contributed by atoms with van der Waals surface area (Å²) in [4.78, 5) is 29.7. The van der Waals surface area contributed by atoms with Crippen LogP contribution < -0.4 is 0 Å². The first-order valence-corrected chi connectivity index (χ1v) is 10.8. The molecule has 0 bridgehead atoms. The number of aromatic nitrogens is 3. The summed E-state index contributed by atoms with van der Waals surface area (Å²) in [6.45, 7) is 5.22. The predicted molar refractivity (Wildman–Crippen MR) is 122 cm³/mol. The second-order valence-electron chi connectivity index (χ2n) is 8.45. The van der Waals surface area contributed by atoms with Crippen molar-refractivity contribution in [2.45, 2.75) is 39.8 Å². The number of halogens is 3. The van der Waals surface area contributed by atoms with Gasteiger partial charge in [0.1, 0.15) is 5.76 Å². The third-order valence-electron chi connectivity index (χ3n) is 5.76. The van der Waals surface area contributed by atoms with Gasteiger partial charge in [0.25, 0.3) is 0 Å². The molecule has 4 rings (SSSR count). The number of hydrogen-bond acceptors (Lipinski definition) is 5. The van der Waals surface area contributed by atoms with Gasteiger partial charge in [0, 0.05) is 30.3 Å². The average Bonchev–Trinajstić information content (AvgIpc) is 3.43. The second kappa shape index (κ2) is 9.32. The van der Waals surface area contributed by atoms with Crippen molar-refractivity contribution in [1.82, 2.24) is 14.7 Å². The topological polar surface area (TPSA) is 78.0 Å². The van der Waals surface area contributed by atoms with E-state index in [9.17, 15) is 22.8 Å². The smallest absolute Gasteiger partial charge is 0.361 e. The summed E-state index contributed by atoms with van der Waals surface area (Å²) in [6.07, 6.45) is -0.281. The van der Waals surface area contributed by atoms with Gasteiger partial charge in [-0.05, 0) is 55.7 Å². The molecule has 0 saturated carbocycles. The standard InChI is InChI=1S/C26H22F3N3O3/c1-15-4-5-18(6-19(15)10-25(34)23-12-31-35-17(23)3)7-24(33)20-8-21(26(27,28)29)11-22(9-20)32-13-16(2)30-14-32/h4-6,8-9,11-14H,7,10H2,1-3H3. The van der Waals surface area contributed by atoms with Gasteiger partial charge in [0.15, 0.2) is 11.6 Å². The van der Waals surface area contributed by atoms with Crippen molar-refractivity contribution in [3.8, 4) is 5.69 Å². The molecule has 0 amide bonds. The Labute approximate surface area is 199 Å². The lowest BCUT2D eigenvalue weighted by molar-refractivity contribution is -0.137. The highest BCUT2D eigenvalue weighted by Crippen LogP contribution is 2.32. The van der Waals surface area contributed by atoms with Crippen LogP contribution in [0.5, 0.6) is 0 Å². The molecule has 0 atom stereocenters. The minimum Gasteiger partial charge on any atom is -0.361 e. The largest absolute Gasteiger partial charge is 0.416 e. The molecule has 0 unspecified atom stereocenters. The van der Waals surface area contributed by atoms with E-state index in [1.54, 1.807) is 38.2 Å². The number of benzene rings is 2. The highest BCUT2D eigenvalue weighted by atomic mass is 19.4. The van der Waals surface area contributed by atoms with Gasteiger partial charge in [-0.3, -0.25) is 9.59 Å². The molecule has 0 spiro atoms. The fraction of sp³-hybridized carbons (Fsp3) is 0.231. The van der Waals surface area contributed by atoms with E-state index in [0.717, 1.165) is 23.3 Å². The number of nitrogens with zero attached hydrogens (tertiary/aromatic N) is 3. The zero-order chi connectivity index (χ0) is 25.3. The van der Waals surface area contributed by atoms with E-state index in [2.05, 4.69) is 10.1 Å². The molecule has 0 aliphatic rings. The Morgan fingerprint density at radius 1 is 1.00 bits per heavy atom. The Morgan fingerprint density at radius 3 is 2.40 bits per heavy atom. The summed E-state index contributed by atoms with van der Waals surface area (Å²) in [5.41, 5.74) is 2.44. The Kier molecular flexibility index (Phi) is 6.43. The van der Waals surface area contributed by atoms with Crippen molar-refractivity contribution >= 4 is 11.6 Å². The third-order valence-corrected chi connectivity index (χ3v) is 5.76. The highest BCUT2D eigenvalue weighted by Gasteiger charge is 2.32. The van der Waals surface area contributed by atoms with Crippen LogP contribution in [-0.2, 0) is 19.0 Å². The van der Waals surface area contributed by atoms with E-state index in [-0.39, 0.29) is 29.9 Å². The molecule has 2 aromatic carbocycles. The van der Waals surface area contributed by atoms with Crippen LogP contribution in [0.2, 0.25) is 0 Å². The highest BCUT2D eigenvalue weighted by molar-refractivity contribution is 5.99. The number of carbonyl (C=O) groups excluding carboxylic acids is 2. The van der Waals surface area contributed by atoms with Gasteiger partial charge < -0.3 is 9.09 Å². The second-order valence-corrected chi connectivity index (χ2v) is 8.45. The molecular formula is C26H22F3N3O3. The average molecular weight is 481 g/mol. The first-order chi connectivity index (χ1) is 16.5. The van der Waals surface area contributed by atoms with Crippen molar-refractivity contribution in [2.75, 3.05) is 0 Å². The van der Waals surface area contributed by atoms with Gasteiger partial charge in [-0.15, -0.1) is 0 Å². The van der Waals surface area contributed by atoms with E-state index in [0.29, 0.717) is 22.6 Å². The van der Waals surface area contributed by atoms with Gasteiger partial charge in [0.05, 0.1) is 29.3 Å². The van der Waals surface area contributed by atoms with Crippen molar-refractivity contribution in [3.05, 3.63) is 100.0 Å². The molecule has 9 heteroatoms. The maximum absolute atomic E-state index is 13.5. The Hall–Kier alpha value is -4.01. The minimum atomic E-state index is -4.61. The van der Waals surface area contributed by atoms with Crippen molar-refractivity contribution in [1.29, 1.82) is 0 Å². The molecule has 2 aromatic heterocycles. The Balaban J connectivity index is 1.61. The molecule has 0 aliphatic carbocycles. The molecule has 35 heavy (non-hydrogen) atoms. The van der Waals surface area contributed by atoms with E-state index in [1.807, 2.05) is 6.92 Å². The molecule has 180 valence electrons. The van der Waals surface area contributed by atoms with Gasteiger partial charge in [0.2, 0.25) is 0 Å². The first kappa shape index (κ1) is 24.1. The number of hydrogen-bond donors (Lipinski definition) is 0. The van der Waals surface area contributed by atoms with Crippen LogP contribution in [0.3, 0.4) is 0 Å². The third kappa shape index (κ3) is 5.40. The lowest BCUT2D eigenvalue weighted by atomic mass is 9.94. The zero-order valence-corrected chi connectivity index (χ0v) is 19.3. The maximum Gasteiger partial charge on any atom is 0.416 e. The number of rotatable bonds is 7. The van der Waals surface area contributed by atoms with Gasteiger partial charge in [-0.2, -0.15) is 13.2 Å². The molecule has 0 saturated heterocycles. The van der Waals surface area contributed by atoms with Gasteiger partial charge in [-0.1, -0.05) is 23.4 Å². The molecule has 4 aromatic rings. The van der Waals surface area contributed by atoms with E-state index in [1.165, 1.54) is 23.2 Å². The van der Waals surface area contributed by atoms with E-state index in [4.69, 9.17) is 4.52 Å². The summed E-state index contributed by atoms with van der Waals surface area (Å²) in [5, 5.41) is 3.63.